The average molecular weight is 2660 g/mol. The van der Waals surface area contributed by atoms with Crippen LogP contribution in [-0.2, 0) is 106 Å². The van der Waals surface area contributed by atoms with Gasteiger partial charge in [0.2, 0.25) is 0 Å². The van der Waals surface area contributed by atoms with Crippen molar-refractivity contribution >= 4 is 61.4 Å². The molecule has 1 aliphatic rings. The second kappa shape index (κ2) is 44.6. The van der Waals surface area contributed by atoms with E-state index in [1.54, 1.807) is 78.9 Å². The molecule has 0 spiro atoms. The topological polar surface area (TPSA) is 264 Å². The summed E-state index contributed by atoms with van der Waals surface area (Å²) in [6, 6.07) is 99.7. The van der Waals surface area contributed by atoms with Crippen molar-refractivity contribution in [3.05, 3.63) is 450 Å². The van der Waals surface area contributed by atoms with Gasteiger partial charge < -0.3 is 44.6 Å². The predicted molar refractivity (Wildman–Crippen MR) is 500 cm³/mol. The number of nitrogens with one attached hydrogen (secondary N) is 2. The molecule has 35 heteroatoms. The van der Waals surface area contributed by atoms with E-state index < -0.39 is 87.1 Å². The van der Waals surface area contributed by atoms with Crippen LogP contribution < -0.4 is 5.32 Å². The summed E-state index contributed by atoms with van der Waals surface area (Å²) in [5.74, 6) is -8.81. The maximum Gasteiger partial charge on any atom is 2.00 e. The number of hydrogen-bond acceptors (Lipinski definition) is 17. The summed E-state index contributed by atoms with van der Waals surface area (Å²) in [6.45, 7) is 7.28. The first-order valence-corrected chi connectivity index (χ1v) is 43.4. The minimum atomic E-state index is -4.76. The van der Waals surface area contributed by atoms with Crippen LogP contribution in [0.15, 0.2) is 306 Å². The second-order valence-electron chi connectivity index (χ2n) is 33.3. The van der Waals surface area contributed by atoms with Gasteiger partial charge >= 0.3 is 75.3 Å². The van der Waals surface area contributed by atoms with Gasteiger partial charge in [-0.25, -0.2) is 44.9 Å². The van der Waals surface area contributed by atoms with Crippen molar-refractivity contribution in [2.75, 3.05) is 5.32 Å². The van der Waals surface area contributed by atoms with Gasteiger partial charge in [0, 0.05) is 106 Å². The monoisotopic (exact) mass is 2660 g/mol. The summed E-state index contributed by atoms with van der Waals surface area (Å²) in [7, 11) is 0. The number of pyridine rings is 10. The Bertz CT molecular complexity index is 7820. The van der Waals surface area contributed by atoms with Crippen molar-refractivity contribution in [1.82, 2.24) is 69.4 Å². The van der Waals surface area contributed by atoms with Crippen LogP contribution in [0.1, 0.15) is 121 Å². The summed E-state index contributed by atoms with van der Waals surface area (Å²) in [5.41, 5.74) is 8.36. The first kappa shape index (κ1) is 105. The fourth-order valence-corrected chi connectivity index (χ4v) is 16.8. The van der Waals surface area contributed by atoms with Gasteiger partial charge in [-0.1, -0.05) is 234 Å². The molecule has 1 saturated carbocycles. The number of nitrogens with zero attached hydrogens (tertiary/aromatic N) is 14. The Morgan fingerprint density at radius 3 is 1.17 bits per heavy atom. The van der Waals surface area contributed by atoms with Gasteiger partial charge in [-0.2, -0.15) is 35.5 Å². The maximum atomic E-state index is 14.3. The van der Waals surface area contributed by atoms with Crippen LogP contribution in [0.5, 0.6) is 0 Å². The zero-order valence-corrected chi connectivity index (χ0v) is 84.6. The molecular weight excluding hydrogens is 2590 g/mol. The van der Waals surface area contributed by atoms with Crippen LogP contribution in [0.4, 0.5) is 54.1 Å². The molecular formula is C109H72F11N16O4Pt4-. The number of anilines is 1. The zero-order chi connectivity index (χ0) is 97.8. The van der Waals surface area contributed by atoms with Gasteiger partial charge in [-0.3, -0.25) is 34.3 Å². The molecule has 20 nitrogen and oxygen atoms in total. The molecule has 0 atom stereocenters. The first-order valence-electron chi connectivity index (χ1n) is 43.4. The fourth-order valence-electron chi connectivity index (χ4n) is 16.8. The van der Waals surface area contributed by atoms with Crippen molar-refractivity contribution in [2.45, 2.75) is 81.2 Å². The Hall–Kier alpha value is -14.5. The van der Waals surface area contributed by atoms with E-state index in [1.807, 2.05) is 122 Å². The number of halogens is 11. The number of fused-ring (bicyclic) bond motifs is 6. The second-order valence-corrected chi connectivity index (χ2v) is 33.3. The number of carboxylic acids is 1. The molecule has 3 N–H and O–H groups in total. The van der Waals surface area contributed by atoms with Crippen LogP contribution in [0.25, 0.3) is 100 Å². The SMILES string of the molecule is CC(C)(c1cccc(C(=O)O)n1)c1cccc(-c2[c-]cc(F)nc2F)n1.CC(C)(c1cccc(N[C-]=CC(=N)C(F)(F)F)n1)c1cccc(-c2[c-]cc(F)nc2F)n1.Fc1c[c-]c(-c2cccc(C3(c4cccc(-c5[c-]cc(F)nc5F)n4)CCCC3)n2)c(F)n1.[Pt+2].[Pt+2].[Pt+2].[Pt].[c-]1cc2oc3ccccc3c2cc1-n1ccc(C(c2ccccc2)(c2ccccc2)c2ccn(-c3[c-]cc4oc5ccccc5c4c3)n2)n1. The van der Waals surface area contributed by atoms with E-state index >= 15 is 0 Å². The number of hydrogen-bond donors (Lipinski definition) is 3. The summed E-state index contributed by atoms with van der Waals surface area (Å²) in [5, 5.41) is 33.3. The third-order valence-corrected chi connectivity index (χ3v) is 23.9. The molecule has 144 heavy (non-hydrogen) atoms. The molecule has 0 saturated heterocycles. The predicted octanol–water partition coefficient (Wildman–Crippen LogP) is 24.3. The number of para-hydroxylation sites is 2. The Labute approximate surface area is 873 Å². The molecule has 14 heterocycles. The third-order valence-electron chi connectivity index (χ3n) is 23.9. The van der Waals surface area contributed by atoms with E-state index in [4.69, 9.17) is 29.5 Å². The fraction of sp³-hybridized carbons (Fsp3) is 0.119. The standard InChI is InChI=1S/C43H26N4O2.C25H16F4N4.C22H16F5N5.C19H14F2N3O2.4Pt/c1-3-11-29(12-4-1)43(30-13-5-2-6-14-30,41-23-25-46(44-41)31-19-21-39-35(27-31)33-15-7-9-17-37(33)48-39)42-24-26-47(45-42)32-20-22-40-36(28-32)34-16-8-10-18-38(34)49-40;26-21-11-9-15(23(28)32-21)17-5-3-7-19(30-17)25(13-1-2-14-25)20-8-4-6-18(31-20)16-10-12-22(27)33-24(16)29;1-21(2,16-6-3-5-14(30-16)13-9-10-18(23)32-20(13)24)17-7-4-8-19(31-17)29-12-11-15(28)22(25,26)27;1-19(2,15-8-4-6-13(23-15)18(25)26)14-7-3-5-12(22-14)11-9-10-16(20)24-17(11)21;;;;/h1-18,21-28H;3-8,11-12H,1-2,13-14H2;3-8,10-11,28H,1-2H3,(H,29,31);3-8,10H,1-2H3,(H,25,26);;;;/q3*-2;-1;;3*+2. The van der Waals surface area contributed by atoms with E-state index in [9.17, 15) is 53.1 Å². The quantitative estimate of drug-likeness (QED) is 0.0210. The molecule has 20 aromatic rings. The molecule has 0 unspecified atom stereocenters. The number of benzene rings is 6. The van der Waals surface area contributed by atoms with Gasteiger partial charge in [-0.05, 0) is 153 Å². The molecule has 6 aromatic carbocycles. The number of alkyl halides is 3. The van der Waals surface area contributed by atoms with Gasteiger partial charge in [-0.15, -0.1) is 60.8 Å². The van der Waals surface area contributed by atoms with Crippen LogP contribution in [0.2, 0.25) is 0 Å². The molecule has 0 aliphatic heterocycles. The summed E-state index contributed by atoms with van der Waals surface area (Å²) >= 11 is 0. The third kappa shape index (κ3) is 22.0. The van der Waals surface area contributed by atoms with Crippen LogP contribution >= 0.6 is 0 Å². The van der Waals surface area contributed by atoms with Crippen molar-refractivity contribution in [2.24, 2.45) is 0 Å². The molecule has 0 bridgehead atoms. The first-order chi connectivity index (χ1) is 67.5. The van der Waals surface area contributed by atoms with Gasteiger partial charge in [0.25, 0.3) is 0 Å². The Morgan fingerprint density at radius 1 is 0.410 bits per heavy atom. The van der Waals surface area contributed by atoms with Gasteiger partial charge in [0.05, 0.1) is 22.5 Å². The van der Waals surface area contributed by atoms with Crippen molar-refractivity contribution in [1.29, 1.82) is 5.41 Å². The molecule has 0 amide bonds. The normalized spacial score (nSPS) is 12.3. The van der Waals surface area contributed by atoms with Crippen LogP contribution in [0.3, 0.4) is 0 Å². The van der Waals surface area contributed by atoms with E-state index in [2.05, 4.69) is 183 Å². The number of rotatable bonds is 20. The van der Waals surface area contributed by atoms with Crippen molar-refractivity contribution in [3.63, 3.8) is 0 Å². The van der Waals surface area contributed by atoms with Crippen LogP contribution in [0, 0.1) is 95.6 Å². The number of carbonyl (C=O) groups is 1. The minimum absolute atomic E-state index is 0. The smallest absolute Gasteiger partial charge is 0.516 e. The molecule has 21 rings (SSSR count). The number of aromatic carboxylic acids is 1. The van der Waals surface area contributed by atoms with E-state index in [0.29, 0.717) is 40.2 Å². The molecule has 1 fully saturated rings. The Balaban J connectivity index is 0.000000155. The van der Waals surface area contributed by atoms with Crippen molar-refractivity contribution in [3.8, 4) is 56.4 Å². The molecule has 730 valence electrons. The summed E-state index contributed by atoms with van der Waals surface area (Å²) in [6.07, 6.45) is 5.21. The largest absolute Gasteiger partial charge is 2.00 e. The molecule has 14 aromatic heterocycles. The summed E-state index contributed by atoms with van der Waals surface area (Å²) < 4.78 is 162. The summed E-state index contributed by atoms with van der Waals surface area (Å²) in [4.78, 5) is 50.7. The number of furan rings is 2. The number of carboxylic acid groups (broad SMARTS) is 1. The van der Waals surface area contributed by atoms with Crippen LogP contribution in [-0.4, -0.2) is 92.4 Å². The minimum Gasteiger partial charge on any atom is -0.516 e. The number of allylic oxidation sites excluding steroid dienone is 1. The van der Waals surface area contributed by atoms with Gasteiger partial charge in [0.1, 0.15) is 69.9 Å². The van der Waals surface area contributed by atoms with E-state index in [-0.39, 0.29) is 141 Å². The maximum absolute atomic E-state index is 14.3. The van der Waals surface area contributed by atoms with Crippen molar-refractivity contribution < 1.29 is 151 Å². The Morgan fingerprint density at radius 2 is 0.771 bits per heavy atom. The number of aromatic nitrogens is 14. The Kier molecular flexibility index (Phi) is 32.6. The average Bonchev–Trinajstić information content (AvgIpc) is 1.54. The van der Waals surface area contributed by atoms with Gasteiger partial charge in [0.15, 0.2) is 0 Å². The zero-order valence-electron chi connectivity index (χ0n) is 75.5. The molecule has 0 radical (unpaired) electrons. The van der Waals surface area contributed by atoms with E-state index in [0.717, 1.165) is 128 Å². The van der Waals surface area contributed by atoms with E-state index in [1.165, 1.54) is 18.2 Å². The molecule has 1 aliphatic carbocycles.